The number of carboxylic acid groups (broad SMARTS) is 1. The molecule has 1 heterocycles. The van der Waals surface area contributed by atoms with Crippen LogP contribution in [0.4, 0.5) is 5.82 Å². The van der Waals surface area contributed by atoms with Crippen LogP contribution in [0.25, 0.3) is 0 Å². The number of nitrogens with zero attached hydrogens (tertiary/aromatic N) is 2. The van der Waals surface area contributed by atoms with Gasteiger partial charge in [0.25, 0.3) is 0 Å². The maximum atomic E-state index is 11.1. The highest BCUT2D eigenvalue weighted by molar-refractivity contribution is 5.70. The summed E-state index contributed by atoms with van der Waals surface area (Å²) in [5, 5.41) is 9.11. The first-order valence-electron chi connectivity index (χ1n) is 7.45. The van der Waals surface area contributed by atoms with Crippen molar-refractivity contribution in [2.75, 3.05) is 18.0 Å². The van der Waals surface area contributed by atoms with Crippen LogP contribution < -0.4 is 4.90 Å². The zero-order valence-corrected chi connectivity index (χ0v) is 12.8. The van der Waals surface area contributed by atoms with E-state index in [1.807, 2.05) is 19.1 Å². The normalized spacial score (nSPS) is 12.2. The molecule has 112 valence electrons. The van der Waals surface area contributed by atoms with Crippen molar-refractivity contribution in [3.8, 4) is 0 Å². The molecule has 0 aliphatic heterocycles. The Morgan fingerprint density at radius 1 is 1.40 bits per heavy atom. The van der Waals surface area contributed by atoms with E-state index in [2.05, 4.69) is 16.8 Å². The van der Waals surface area contributed by atoms with E-state index in [4.69, 9.17) is 5.11 Å². The van der Waals surface area contributed by atoms with Gasteiger partial charge in [0, 0.05) is 19.3 Å². The van der Waals surface area contributed by atoms with E-state index in [1.165, 1.54) is 19.3 Å². The van der Waals surface area contributed by atoms with E-state index in [1.54, 1.807) is 13.1 Å². The third kappa shape index (κ3) is 5.19. The van der Waals surface area contributed by atoms with Gasteiger partial charge >= 0.3 is 5.97 Å². The Morgan fingerprint density at radius 3 is 2.75 bits per heavy atom. The minimum atomic E-state index is -0.753. The zero-order valence-electron chi connectivity index (χ0n) is 12.8. The summed E-state index contributed by atoms with van der Waals surface area (Å²) in [4.78, 5) is 17.6. The topological polar surface area (TPSA) is 53.4 Å². The number of aryl methyl sites for hydroxylation is 1. The van der Waals surface area contributed by atoms with Crippen molar-refractivity contribution in [3.63, 3.8) is 0 Å². The summed E-state index contributed by atoms with van der Waals surface area (Å²) >= 11 is 0. The van der Waals surface area contributed by atoms with E-state index in [0.29, 0.717) is 6.54 Å². The number of rotatable bonds is 9. The van der Waals surface area contributed by atoms with Gasteiger partial charge in [0.2, 0.25) is 0 Å². The van der Waals surface area contributed by atoms with Crippen LogP contribution in [0.15, 0.2) is 18.3 Å². The zero-order chi connectivity index (χ0) is 15.0. The Bertz CT molecular complexity index is 421. The van der Waals surface area contributed by atoms with Crippen LogP contribution in [0.2, 0.25) is 0 Å². The highest BCUT2D eigenvalue weighted by Crippen LogP contribution is 2.18. The Balaban J connectivity index is 2.73. The van der Waals surface area contributed by atoms with Gasteiger partial charge in [-0.15, -0.1) is 0 Å². The molecule has 0 amide bonds. The molecule has 0 spiro atoms. The van der Waals surface area contributed by atoms with Crippen molar-refractivity contribution in [1.82, 2.24) is 4.98 Å². The molecule has 4 nitrogen and oxygen atoms in total. The highest BCUT2D eigenvalue weighted by atomic mass is 16.4. The van der Waals surface area contributed by atoms with Crippen LogP contribution in [0.1, 0.15) is 45.1 Å². The van der Waals surface area contributed by atoms with Gasteiger partial charge in [-0.25, -0.2) is 4.98 Å². The van der Waals surface area contributed by atoms with Crippen molar-refractivity contribution in [3.05, 3.63) is 23.9 Å². The summed E-state index contributed by atoms with van der Waals surface area (Å²) in [6, 6.07) is 3.93. The molecule has 1 aromatic rings. The monoisotopic (exact) mass is 278 g/mol. The molecule has 0 radical (unpaired) electrons. The first-order chi connectivity index (χ1) is 9.56. The Morgan fingerprint density at radius 2 is 2.15 bits per heavy atom. The van der Waals surface area contributed by atoms with Crippen molar-refractivity contribution >= 4 is 11.8 Å². The van der Waals surface area contributed by atoms with Crippen LogP contribution >= 0.6 is 0 Å². The summed E-state index contributed by atoms with van der Waals surface area (Å²) in [5.41, 5.74) is 1.10. The second kappa shape index (κ2) is 8.56. The fourth-order valence-electron chi connectivity index (χ4n) is 2.23. The average Bonchev–Trinajstić information content (AvgIpc) is 2.42. The first kappa shape index (κ1) is 16.5. The van der Waals surface area contributed by atoms with E-state index in [0.717, 1.165) is 24.3 Å². The van der Waals surface area contributed by atoms with Gasteiger partial charge in [-0.05, 0) is 25.0 Å². The second-order valence-corrected chi connectivity index (χ2v) is 5.39. The molecule has 20 heavy (non-hydrogen) atoms. The maximum Gasteiger partial charge on any atom is 0.308 e. The predicted molar refractivity (Wildman–Crippen MR) is 82.1 cm³/mol. The third-order valence-corrected chi connectivity index (χ3v) is 3.48. The highest BCUT2D eigenvalue weighted by Gasteiger charge is 2.18. The molecule has 1 N–H and O–H groups in total. The maximum absolute atomic E-state index is 11.1. The molecule has 1 aromatic heterocycles. The molecular weight excluding hydrogens is 252 g/mol. The lowest BCUT2D eigenvalue weighted by atomic mass is 10.1. The number of hydrogen-bond donors (Lipinski definition) is 1. The van der Waals surface area contributed by atoms with Gasteiger partial charge in [0.05, 0.1) is 5.92 Å². The van der Waals surface area contributed by atoms with Crippen LogP contribution in [0, 0.1) is 12.8 Å². The number of pyridine rings is 1. The fraction of sp³-hybridized carbons (Fsp3) is 0.625. The number of unbranched alkanes of at least 4 members (excludes halogenated alkanes) is 3. The van der Waals surface area contributed by atoms with Gasteiger partial charge in [0.1, 0.15) is 5.82 Å². The number of carboxylic acids is 1. The smallest absolute Gasteiger partial charge is 0.308 e. The summed E-state index contributed by atoms with van der Waals surface area (Å²) < 4.78 is 0. The molecule has 0 aliphatic carbocycles. The van der Waals surface area contributed by atoms with E-state index < -0.39 is 5.97 Å². The number of aromatic nitrogens is 1. The Hall–Kier alpha value is -1.58. The lowest BCUT2D eigenvalue weighted by molar-refractivity contribution is -0.140. The Kier molecular flexibility index (Phi) is 7.05. The summed E-state index contributed by atoms with van der Waals surface area (Å²) in [7, 11) is 0. The van der Waals surface area contributed by atoms with Gasteiger partial charge < -0.3 is 10.0 Å². The van der Waals surface area contributed by atoms with E-state index >= 15 is 0 Å². The van der Waals surface area contributed by atoms with Crippen LogP contribution in [0.5, 0.6) is 0 Å². The molecule has 4 heteroatoms. The fourth-order valence-corrected chi connectivity index (χ4v) is 2.23. The molecule has 1 rings (SSSR count). The van der Waals surface area contributed by atoms with Crippen LogP contribution in [-0.4, -0.2) is 29.1 Å². The van der Waals surface area contributed by atoms with Gasteiger partial charge in [-0.1, -0.05) is 39.2 Å². The van der Waals surface area contributed by atoms with Gasteiger partial charge in [0.15, 0.2) is 0 Å². The molecular formula is C16H26N2O2. The SMILES string of the molecule is CCCCCCN(CC(C)C(=O)O)c1ncccc1C. The van der Waals surface area contributed by atoms with Crippen LogP contribution in [0.3, 0.4) is 0 Å². The lowest BCUT2D eigenvalue weighted by Crippen LogP contribution is -2.33. The molecule has 0 aliphatic rings. The first-order valence-corrected chi connectivity index (χ1v) is 7.45. The molecule has 0 saturated carbocycles. The molecule has 0 saturated heterocycles. The molecule has 1 unspecified atom stereocenters. The third-order valence-electron chi connectivity index (χ3n) is 3.48. The second-order valence-electron chi connectivity index (χ2n) is 5.39. The predicted octanol–water partition coefficient (Wildman–Crippen LogP) is 3.50. The minimum Gasteiger partial charge on any atom is -0.481 e. The number of anilines is 1. The van der Waals surface area contributed by atoms with E-state index in [-0.39, 0.29) is 5.92 Å². The van der Waals surface area contributed by atoms with Crippen LogP contribution in [-0.2, 0) is 4.79 Å². The number of hydrogen-bond acceptors (Lipinski definition) is 3. The number of carbonyl (C=O) groups is 1. The summed E-state index contributed by atoms with van der Waals surface area (Å²) in [5.74, 6) is -0.225. The lowest BCUT2D eigenvalue weighted by Gasteiger charge is -2.27. The summed E-state index contributed by atoms with van der Waals surface area (Å²) in [6.07, 6.45) is 6.46. The van der Waals surface area contributed by atoms with Gasteiger partial charge in [-0.3, -0.25) is 4.79 Å². The Labute approximate surface area is 121 Å². The molecule has 0 bridgehead atoms. The average molecular weight is 278 g/mol. The summed E-state index contributed by atoms with van der Waals surface area (Å²) in [6.45, 7) is 7.34. The van der Waals surface area contributed by atoms with Gasteiger partial charge in [-0.2, -0.15) is 0 Å². The standard InChI is InChI=1S/C16H26N2O2/c1-4-5-6-7-11-18(12-14(3)16(19)20)15-13(2)9-8-10-17-15/h8-10,14H,4-7,11-12H2,1-3H3,(H,19,20). The quantitative estimate of drug-likeness (QED) is 0.702. The van der Waals surface area contributed by atoms with Crippen molar-refractivity contribution in [2.45, 2.75) is 46.5 Å². The number of aliphatic carboxylic acids is 1. The molecule has 0 fully saturated rings. The van der Waals surface area contributed by atoms with E-state index in [9.17, 15) is 4.79 Å². The largest absolute Gasteiger partial charge is 0.481 e. The van der Waals surface area contributed by atoms with Crippen molar-refractivity contribution < 1.29 is 9.90 Å². The minimum absolute atomic E-state index is 0.386. The molecule has 0 aromatic carbocycles. The molecule has 1 atom stereocenters. The van der Waals surface area contributed by atoms with Crippen molar-refractivity contribution in [1.29, 1.82) is 0 Å². The van der Waals surface area contributed by atoms with Crippen molar-refractivity contribution in [2.24, 2.45) is 5.92 Å².